The zero-order valence-corrected chi connectivity index (χ0v) is 9.86. The van der Waals surface area contributed by atoms with Crippen LogP contribution in [0.4, 0.5) is 17.6 Å². The molecule has 0 unspecified atom stereocenters. The normalized spacial score (nSPS) is 13.8. The van der Waals surface area contributed by atoms with Crippen molar-refractivity contribution in [1.29, 1.82) is 0 Å². The zero-order chi connectivity index (χ0) is 13.5. The minimum atomic E-state index is -4.90. The fourth-order valence-electron chi connectivity index (χ4n) is 1.06. The summed E-state index contributed by atoms with van der Waals surface area (Å²) in [5.41, 5.74) is 0. The number of hydrogen-bond acceptors (Lipinski definition) is 2. The quantitative estimate of drug-likeness (QED) is 0.611. The van der Waals surface area contributed by atoms with Crippen LogP contribution in [0.15, 0.2) is 29.2 Å². The molecule has 17 heavy (non-hydrogen) atoms. The highest BCUT2D eigenvalue weighted by Crippen LogP contribution is 2.39. The van der Waals surface area contributed by atoms with Crippen molar-refractivity contribution in [1.82, 2.24) is 0 Å². The van der Waals surface area contributed by atoms with Crippen molar-refractivity contribution in [3.63, 3.8) is 0 Å². The highest BCUT2D eigenvalue weighted by atomic mass is 32.2. The molecule has 0 saturated carbocycles. The van der Waals surface area contributed by atoms with Crippen molar-refractivity contribution in [3.8, 4) is 0 Å². The third-order valence-electron chi connectivity index (χ3n) is 2.48. The fraction of sp³-hybridized carbons (Fsp3) is 0.400. The molecule has 0 amide bonds. The molecule has 2 nitrogen and oxygen atoms in total. The standard InChI is InChI=1S/C10H10F4O2S/c1-9(2,10(12,13)14)17(15,16)8-5-3-7(11)4-6-8/h3-6H,1-2H3. The molecule has 0 bridgehead atoms. The van der Waals surface area contributed by atoms with Crippen LogP contribution in [0.3, 0.4) is 0 Å². The molecule has 0 aliphatic heterocycles. The molecule has 0 aliphatic rings. The van der Waals surface area contributed by atoms with Gasteiger partial charge < -0.3 is 0 Å². The lowest BCUT2D eigenvalue weighted by atomic mass is 10.2. The molecule has 0 spiro atoms. The minimum Gasteiger partial charge on any atom is -0.223 e. The van der Waals surface area contributed by atoms with Gasteiger partial charge in [0.15, 0.2) is 14.6 Å². The molecule has 0 aromatic heterocycles. The van der Waals surface area contributed by atoms with Crippen molar-refractivity contribution in [2.24, 2.45) is 0 Å². The van der Waals surface area contributed by atoms with Crippen LogP contribution in [0.1, 0.15) is 13.8 Å². The van der Waals surface area contributed by atoms with E-state index in [-0.39, 0.29) is 0 Å². The van der Waals surface area contributed by atoms with Crippen molar-refractivity contribution < 1.29 is 26.0 Å². The van der Waals surface area contributed by atoms with E-state index in [0.717, 1.165) is 24.3 Å². The Morgan fingerprint density at radius 3 is 1.76 bits per heavy atom. The van der Waals surface area contributed by atoms with Gasteiger partial charge >= 0.3 is 6.18 Å². The second-order valence-corrected chi connectivity index (χ2v) is 6.46. The predicted octanol–water partition coefficient (Wildman–Crippen LogP) is 2.94. The summed E-state index contributed by atoms with van der Waals surface area (Å²) in [6.07, 6.45) is -4.90. The van der Waals surface area contributed by atoms with E-state index >= 15 is 0 Å². The fourth-order valence-corrected chi connectivity index (χ4v) is 2.45. The van der Waals surface area contributed by atoms with Crippen LogP contribution in [0.25, 0.3) is 0 Å². The molecular weight excluding hydrogens is 260 g/mol. The third-order valence-corrected chi connectivity index (χ3v) is 4.95. The summed E-state index contributed by atoms with van der Waals surface area (Å²) in [6, 6.07) is 3.25. The first-order valence-electron chi connectivity index (χ1n) is 4.57. The number of benzene rings is 1. The van der Waals surface area contributed by atoms with E-state index in [9.17, 15) is 26.0 Å². The molecule has 0 atom stereocenters. The molecule has 1 aromatic carbocycles. The van der Waals surface area contributed by atoms with E-state index in [4.69, 9.17) is 0 Å². The lowest BCUT2D eigenvalue weighted by molar-refractivity contribution is -0.153. The summed E-state index contributed by atoms with van der Waals surface area (Å²) < 4.78 is 71.1. The molecule has 0 N–H and O–H groups in total. The zero-order valence-electron chi connectivity index (χ0n) is 9.05. The largest absolute Gasteiger partial charge is 0.408 e. The number of halogens is 4. The number of hydrogen-bond donors (Lipinski definition) is 0. The highest BCUT2D eigenvalue weighted by molar-refractivity contribution is 7.92. The SMILES string of the molecule is CC(C)(C(F)(F)F)S(=O)(=O)c1ccc(F)cc1. The average Bonchev–Trinajstić information content (AvgIpc) is 2.16. The van der Waals surface area contributed by atoms with Gasteiger partial charge in [-0.15, -0.1) is 0 Å². The molecule has 1 rings (SSSR count). The van der Waals surface area contributed by atoms with Gasteiger partial charge in [-0.3, -0.25) is 0 Å². The van der Waals surface area contributed by atoms with Crippen LogP contribution in [-0.2, 0) is 9.84 Å². The van der Waals surface area contributed by atoms with Crippen molar-refractivity contribution in [2.45, 2.75) is 29.7 Å². The van der Waals surface area contributed by atoms with Crippen molar-refractivity contribution in [2.75, 3.05) is 0 Å². The van der Waals surface area contributed by atoms with Gasteiger partial charge in [-0.25, -0.2) is 12.8 Å². The summed E-state index contributed by atoms with van der Waals surface area (Å²) in [7, 11) is -4.60. The van der Waals surface area contributed by atoms with Gasteiger partial charge in [0.25, 0.3) is 0 Å². The van der Waals surface area contributed by atoms with Gasteiger partial charge in [-0.2, -0.15) is 13.2 Å². The van der Waals surface area contributed by atoms with E-state index in [1.165, 1.54) is 0 Å². The monoisotopic (exact) mass is 270 g/mol. The highest BCUT2D eigenvalue weighted by Gasteiger charge is 2.57. The first kappa shape index (κ1) is 14.0. The Labute approximate surface area is 96.2 Å². The van der Waals surface area contributed by atoms with Gasteiger partial charge in [0.2, 0.25) is 0 Å². The Balaban J connectivity index is 3.35. The Morgan fingerprint density at radius 1 is 1.00 bits per heavy atom. The first-order chi connectivity index (χ1) is 7.50. The van der Waals surface area contributed by atoms with Gasteiger partial charge in [0.05, 0.1) is 4.90 Å². The van der Waals surface area contributed by atoms with Crippen LogP contribution < -0.4 is 0 Å². The first-order valence-corrected chi connectivity index (χ1v) is 6.05. The number of sulfone groups is 1. The molecule has 0 radical (unpaired) electrons. The topological polar surface area (TPSA) is 34.1 Å². The Bertz CT molecular complexity index is 500. The smallest absolute Gasteiger partial charge is 0.223 e. The summed E-state index contributed by atoms with van der Waals surface area (Å²) in [4.78, 5) is -0.554. The molecule has 0 aliphatic carbocycles. The van der Waals surface area contributed by atoms with E-state index in [2.05, 4.69) is 0 Å². The van der Waals surface area contributed by atoms with Crippen LogP contribution in [0.2, 0.25) is 0 Å². The molecule has 1 aromatic rings. The maximum absolute atomic E-state index is 12.6. The van der Waals surface area contributed by atoms with E-state index in [0.29, 0.717) is 13.8 Å². The maximum atomic E-state index is 12.6. The second-order valence-electron chi connectivity index (χ2n) is 3.97. The van der Waals surface area contributed by atoms with Crippen LogP contribution >= 0.6 is 0 Å². The Hall–Kier alpha value is -1.11. The minimum absolute atomic E-state index is 0.554. The van der Waals surface area contributed by atoms with Crippen LogP contribution in [0, 0.1) is 5.82 Å². The lowest BCUT2D eigenvalue weighted by Gasteiger charge is -2.27. The van der Waals surface area contributed by atoms with Crippen molar-refractivity contribution in [3.05, 3.63) is 30.1 Å². The molecule has 96 valence electrons. The average molecular weight is 270 g/mol. The van der Waals surface area contributed by atoms with Crippen molar-refractivity contribution >= 4 is 9.84 Å². The van der Waals surface area contributed by atoms with E-state index in [1.54, 1.807) is 0 Å². The van der Waals surface area contributed by atoms with E-state index < -0.39 is 31.5 Å². The lowest BCUT2D eigenvalue weighted by Crippen LogP contribution is -2.46. The second kappa shape index (κ2) is 3.97. The summed E-state index contributed by atoms with van der Waals surface area (Å²) in [5.74, 6) is -0.714. The summed E-state index contributed by atoms with van der Waals surface area (Å²) in [6.45, 7) is 1.15. The molecule has 0 fully saturated rings. The van der Waals surface area contributed by atoms with Gasteiger partial charge in [-0.1, -0.05) is 0 Å². The van der Waals surface area contributed by atoms with E-state index in [1.807, 2.05) is 0 Å². The van der Waals surface area contributed by atoms with Crippen LogP contribution in [0.5, 0.6) is 0 Å². The Kier molecular flexibility index (Phi) is 3.26. The summed E-state index contributed by atoms with van der Waals surface area (Å²) >= 11 is 0. The predicted molar refractivity (Wildman–Crippen MR) is 53.7 cm³/mol. The van der Waals surface area contributed by atoms with Gasteiger partial charge in [0, 0.05) is 0 Å². The summed E-state index contributed by atoms with van der Waals surface area (Å²) in [5, 5.41) is 0. The Morgan fingerprint density at radius 2 is 1.41 bits per heavy atom. The van der Waals surface area contributed by atoms with Gasteiger partial charge in [-0.05, 0) is 38.1 Å². The maximum Gasteiger partial charge on any atom is 0.408 e. The van der Waals surface area contributed by atoms with Gasteiger partial charge in [0.1, 0.15) is 5.82 Å². The molecule has 0 saturated heterocycles. The van der Waals surface area contributed by atoms with Crippen LogP contribution in [-0.4, -0.2) is 19.3 Å². The molecule has 7 heteroatoms. The third kappa shape index (κ3) is 2.29. The number of alkyl halides is 3. The number of rotatable bonds is 2. The molecular formula is C10H10F4O2S. The molecule has 0 heterocycles.